The lowest BCUT2D eigenvalue weighted by atomic mass is 10.0. The van der Waals surface area contributed by atoms with Crippen LogP contribution in [-0.4, -0.2) is 49.3 Å². The quantitative estimate of drug-likeness (QED) is 0.0264. The zero-order valence-electron chi connectivity index (χ0n) is 62.4. The summed E-state index contributed by atoms with van der Waals surface area (Å²) in [5.41, 5.74) is 5.41. The third-order valence-electron chi connectivity index (χ3n) is 15.5. The molecule has 99 heavy (non-hydrogen) atoms. The monoisotopic (exact) mass is 1380 g/mol. The molecule has 2 unspecified atom stereocenters. The van der Waals surface area contributed by atoms with Gasteiger partial charge in [0.1, 0.15) is 6.61 Å². The molecule has 0 saturated heterocycles. The topological polar surface area (TPSA) is 134 Å². The van der Waals surface area contributed by atoms with Gasteiger partial charge in [-0.25, -0.2) is 4.57 Å². The van der Waals surface area contributed by atoms with Gasteiger partial charge in [-0.1, -0.05) is 341 Å². The van der Waals surface area contributed by atoms with Crippen LogP contribution in [0.1, 0.15) is 284 Å². The number of carbonyl (C=O) groups is 2. The van der Waals surface area contributed by atoms with E-state index in [4.69, 9.17) is 24.3 Å². The SMILES string of the molecule is CC/C=C\C/C=C\C/C=C\C/C=C\C/C=C\C/C=C\C/C=C\C/C=C\C/C=C\C/C=C\CCCCCCCCC(=O)OC(COC(=O)CCCCCCCCCCCCCCC/C=C\C/C=C\C/C=C\C/C=C\C/C=C\C/C=C\C/C=C\C/C=C\C/C=C\CC)COP(=O)(O)OCCN. The molecule has 0 bridgehead atoms. The average Bonchev–Trinajstić information content (AvgIpc) is 1.64. The molecule has 0 aromatic rings. The van der Waals surface area contributed by atoms with Crippen LogP contribution in [0.15, 0.2) is 231 Å². The molecule has 0 aromatic carbocycles. The molecule has 0 aromatic heterocycles. The van der Waals surface area contributed by atoms with Crippen LogP contribution in [0, 0.1) is 0 Å². The number of unbranched alkanes of at least 4 members (excludes halogenated alkanes) is 19. The van der Waals surface area contributed by atoms with E-state index in [2.05, 4.69) is 245 Å². The van der Waals surface area contributed by atoms with Crippen molar-refractivity contribution in [1.82, 2.24) is 0 Å². The summed E-state index contributed by atoms with van der Waals surface area (Å²) in [5, 5.41) is 0. The van der Waals surface area contributed by atoms with Gasteiger partial charge < -0.3 is 20.1 Å². The summed E-state index contributed by atoms with van der Waals surface area (Å²) in [4.78, 5) is 35.5. The Balaban J connectivity index is 3.97. The molecule has 0 rings (SSSR count). The van der Waals surface area contributed by atoms with Crippen molar-refractivity contribution in [2.45, 2.75) is 290 Å². The Hall–Kier alpha value is -5.93. The molecule has 0 heterocycles. The number of hydrogen-bond donors (Lipinski definition) is 2. The van der Waals surface area contributed by atoms with E-state index in [1.165, 1.54) is 64.2 Å². The van der Waals surface area contributed by atoms with Crippen molar-refractivity contribution in [2.75, 3.05) is 26.4 Å². The Morgan fingerprint density at radius 2 is 0.525 bits per heavy atom. The molecule has 3 N–H and O–H groups in total. The first-order valence-electron chi connectivity index (χ1n) is 38.9. The van der Waals surface area contributed by atoms with E-state index >= 15 is 0 Å². The maximum atomic E-state index is 12.8. The number of rotatable bonds is 70. The molecule has 0 aliphatic heterocycles. The van der Waals surface area contributed by atoms with Gasteiger partial charge in [-0.05, 0) is 161 Å². The second-order valence-electron chi connectivity index (χ2n) is 24.8. The first kappa shape index (κ1) is 93.1. The highest BCUT2D eigenvalue weighted by Crippen LogP contribution is 2.43. The molecule has 0 fully saturated rings. The number of esters is 2. The van der Waals surface area contributed by atoms with Crippen molar-refractivity contribution in [3.05, 3.63) is 231 Å². The van der Waals surface area contributed by atoms with Crippen molar-refractivity contribution < 1.29 is 37.6 Å². The lowest BCUT2D eigenvalue weighted by molar-refractivity contribution is -0.161. The van der Waals surface area contributed by atoms with E-state index in [0.717, 1.165) is 186 Å². The lowest BCUT2D eigenvalue weighted by Gasteiger charge is -2.19. The number of allylic oxidation sites excluding steroid dienone is 38. The third kappa shape index (κ3) is 80.9. The first-order chi connectivity index (χ1) is 48.8. The highest BCUT2D eigenvalue weighted by molar-refractivity contribution is 7.47. The van der Waals surface area contributed by atoms with E-state index < -0.39 is 32.5 Å². The van der Waals surface area contributed by atoms with Crippen LogP contribution in [0.5, 0.6) is 0 Å². The molecule has 0 aliphatic carbocycles. The van der Waals surface area contributed by atoms with Gasteiger partial charge in [0.15, 0.2) is 6.10 Å². The summed E-state index contributed by atoms with van der Waals surface area (Å²) < 4.78 is 33.2. The molecule has 10 heteroatoms. The number of ether oxygens (including phenoxy) is 2. The van der Waals surface area contributed by atoms with Crippen LogP contribution in [0.3, 0.4) is 0 Å². The maximum absolute atomic E-state index is 12.8. The minimum absolute atomic E-state index is 0.0397. The zero-order valence-corrected chi connectivity index (χ0v) is 63.3. The van der Waals surface area contributed by atoms with E-state index in [-0.39, 0.29) is 32.6 Å². The number of phosphoric acid groups is 1. The van der Waals surface area contributed by atoms with E-state index in [9.17, 15) is 19.0 Å². The number of phosphoric ester groups is 1. The fraction of sp³-hybridized carbons (Fsp3) is 0.551. The molecule has 2 atom stereocenters. The zero-order chi connectivity index (χ0) is 71.5. The molecular formula is C89H140NO8P. The third-order valence-corrected chi connectivity index (χ3v) is 16.5. The highest BCUT2D eigenvalue weighted by atomic mass is 31.2. The van der Waals surface area contributed by atoms with Crippen LogP contribution >= 0.6 is 7.82 Å². The van der Waals surface area contributed by atoms with Crippen molar-refractivity contribution in [2.24, 2.45) is 5.73 Å². The summed E-state index contributed by atoms with van der Waals surface area (Å²) in [5.74, 6) is -0.858. The molecule has 0 aliphatic rings. The van der Waals surface area contributed by atoms with Gasteiger partial charge in [-0.2, -0.15) is 0 Å². The van der Waals surface area contributed by atoms with Gasteiger partial charge in [-0.15, -0.1) is 0 Å². The van der Waals surface area contributed by atoms with E-state index in [0.29, 0.717) is 6.42 Å². The summed E-state index contributed by atoms with van der Waals surface area (Å²) in [6.07, 6.45) is 127. The van der Waals surface area contributed by atoms with Gasteiger partial charge in [0, 0.05) is 19.4 Å². The van der Waals surface area contributed by atoms with Crippen LogP contribution in [0.2, 0.25) is 0 Å². The van der Waals surface area contributed by atoms with Crippen LogP contribution < -0.4 is 5.73 Å². The summed E-state index contributed by atoms with van der Waals surface area (Å²) in [6, 6.07) is 0. The summed E-state index contributed by atoms with van der Waals surface area (Å²) in [6.45, 7) is 3.48. The molecule has 554 valence electrons. The van der Waals surface area contributed by atoms with E-state index in [1.54, 1.807) is 0 Å². The van der Waals surface area contributed by atoms with Crippen molar-refractivity contribution in [3.8, 4) is 0 Å². The van der Waals surface area contributed by atoms with Crippen molar-refractivity contribution in [1.29, 1.82) is 0 Å². The summed E-state index contributed by atoms with van der Waals surface area (Å²) in [7, 11) is -4.42. The van der Waals surface area contributed by atoms with Crippen molar-refractivity contribution in [3.63, 3.8) is 0 Å². The van der Waals surface area contributed by atoms with Crippen LogP contribution in [-0.2, 0) is 32.7 Å². The van der Waals surface area contributed by atoms with Gasteiger partial charge in [0.2, 0.25) is 0 Å². The van der Waals surface area contributed by atoms with Gasteiger partial charge in [-0.3, -0.25) is 18.6 Å². The molecule has 0 saturated carbocycles. The first-order valence-corrected chi connectivity index (χ1v) is 40.4. The number of hydrogen-bond acceptors (Lipinski definition) is 8. The molecule has 0 radical (unpaired) electrons. The van der Waals surface area contributed by atoms with E-state index in [1.807, 2.05) is 0 Å². The maximum Gasteiger partial charge on any atom is 0.472 e. The van der Waals surface area contributed by atoms with Gasteiger partial charge >= 0.3 is 19.8 Å². The number of carbonyl (C=O) groups excluding carboxylic acids is 2. The second-order valence-corrected chi connectivity index (χ2v) is 26.2. The molecule has 0 spiro atoms. The number of nitrogens with two attached hydrogens (primary N) is 1. The lowest BCUT2D eigenvalue weighted by Crippen LogP contribution is -2.29. The second kappa shape index (κ2) is 81.0. The van der Waals surface area contributed by atoms with Crippen molar-refractivity contribution >= 4 is 19.8 Å². The normalized spacial score (nSPS) is 14.2. The Morgan fingerprint density at radius 1 is 0.303 bits per heavy atom. The standard InChI is InChI=1S/C89H140NO8P/c1-3-5-7-9-11-13-15-17-19-21-23-25-27-29-31-33-35-37-39-41-42-43-44-46-47-49-51-53-55-57-59-61-63-65-67-69-71-73-75-77-79-81-88(91)95-85-87(86-97-99(93,94)96-84-83-90)98-89(92)82-80-78-76-74-72-70-68-66-64-62-60-58-56-54-52-50-48-45-40-38-36-34-32-30-28-26-24-22-20-18-16-14-12-10-8-6-4-2/h5-8,11-14,17-20,23-26,29-32,35-38,41-42,44-46,48-49,51-52,54,58,60,64,66,87H,3-4,9-10,15-16,21-22,27-28,33-34,39-40,43,47,50,53,55-57,59,61-63,65,67-86,90H2,1-2H3,(H,93,94)/b7-5-,8-6-,13-11-,14-12-,19-17-,20-18-,25-23-,26-24-,31-29-,32-30-,37-35-,38-36-,42-41-,46-44-,48-45-,51-49-,54-52-,60-58-,66-64-. The predicted octanol–water partition coefficient (Wildman–Crippen LogP) is 26.5. The Kier molecular flexibility index (Phi) is 76.2. The largest absolute Gasteiger partial charge is 0.472 e. The average molecular weight is 1380 g/mol. The Bertz CT molecular complexity index is 2490. The fourth-order valence-electron chi connectivity index (χ4n) is 9.89. The minimum atomic E-state index is -4.42. The molecular weight excluding hydrogens is 1240 g/mol. The molecule has 0 amide bonds. The minimum Gasteiger partial charge on any atom is -0.462 e. The van der Waals surface area contributed by atoms with Gasteiger partial charge in [0.05, 0.1) is 13.2 Å². The predicted molar refractivity (Wildman–Crippen MR) is 431 cm³/mol. The van der Waals surface area contributed by atoms with Crippen LogP contribution in [0.25, 0.3) is 0 Å². The Morgan fingerprint density at radius 3 is 0.778 bits per heavy atom. The Labute approximate surface area is 606 Å². The highest BCUT2D eigenvalue weighted by Gasteiger charge is 2.26. The summed E-state index contributed by atoms with van der Waals surface area (Å²) >= 11 is 0. The molecule has 9 nitrogen and oxygen atoms in total. The van der Waals surface area contributed by atoms with Gasteiger partial charge in [0.25, 0.3) is 0 Å². The van der Waals surface area contributed by atoms with Crippen LogP contribution in [0.4, 0.5) is 0 Å². The fourth-order valence-corrected chi connectivity index (χ4v) is 10.7. The smallest absolute Gasteiger partial charge is 0.462 e.